The summed E-state index contributed by atoms with van der Waals surface area (Å²) in [7, 11) is 1.68. The van der Waals surface area contributed by atoms with Crippen LogP contribution in [0.3, 0.4) is 0 Å². The molecule has 3 rings (SSSR count). The van der Waals surface area contributed by atoms with Gasteiger partial charge < -0.3 is 19.9 Å². The van der Waals surface area contributed by atoms with Crippen molar-refractivity contribution < 1.29 is 14.3 Å². The lowest BCUT2D eigenvalue weighted by Crippen LogP contribution is -2.56. The Morgan fingerprint density at radius 3 is 2.37 bits per heavy atom. The number of carbonyl (C=O) groups excluding carboxylic acids is 2. The zero-order valence-electron chi connectivity index (χ0n) is 18.7. The van der Waals surface area contributed by atoms with E-state index in [1.807, 2.05) is 23.1 Å². The Labute approximate surface area is 180 Å². The van der Waals surface area contributed by atoms with Crippen molar-refractivity contribution >= 4 is 17.5 Å². The molecule has 166 valence electrons. The predicted octanol–water partition coefficient (Wildman–Crippen LogP) is 3.46. The molecular formula is C24H37N3O3. The fraction of sp³-hybridized carbons (Fsp3) is 0.667. The van der Waals surface area contributed by atoms with Crippen LogP contribution in [0.15, 0.2) is 24.3 Å². The standard InChI is InChI=1S/C24H37N3O3/c1-18(2)17-20(25-23(28)19-9-5-4-6-10-19)24(29)27-15-13-26(14-16-27)21-11-7-8-12-22(21)30-3/h7-8,11-12,18-20H,4-6,9-10,13-17H2,1-3H3,(H,25,28)/t20-/m1/s1. The van der Waals surface area contributed by atoms with Crippen molar-refractivity contribution in [1.82, 2.24) is 10.2 Å². The van der Waals surface area contributed by atoms with Crippen LogP contribution in [-0.4, -0.2) is 56.0 Å². The Kier molecular flexibility index (Phi) is 8.00. The minimum atomic E-state index is -0.419. The summed E-state index contributed by atoms with van der Waals surface area (Å²) in [6.45, 7) is 7.04. The van der Waals surface area contributed by atoms with Gasteiger partial charge in [0.05, 0.1) is 12.8 Å². The second kappa shape index (κ2) is 10.7. The van der Waals surface area contributed by atoms with E-state index in [-0.39, 0.29) is 17.7 Å². The largest absolute Gasteiger partial charge is 0.495 e. The van der Waals surface area contributed by atoms with Crippen molar-refractivity contribution in [3.05, 3.63) is 24.3 Å². The fourth-order valence-corrected chi connectivity index (χ4v) is 4.63. The molecule has 0 bridgehead atoms. The number of nitrogens with one attached hydrogen (secondary N) is 1. The Hall–Kier alpha value is -2.24. The SMILES string of the molecule is COc1ccccc1N1CCN(C(=O)[C@@H](CC(C)C)NC(=O)C2CCCCC2)CC1. The lowest BCUT2D eigenvalue weighted by molar-refractivity contribution is -0.138. The average molecular weight is 416 g/mol. The van der Waals surface area contributed by atoms with Crippen LogP contribution in [0.2, 0.25) is 0 Å². The van der Waals surface area contributed by atoms with E-state index in [0.29, 0.717) is 25.4 Å². The van der Waals surface area contributed by atoms with Crippen LogP contribution in [0.4, 0.5) is 5.69 Å². The molecule has 2 fully saturated rings. The Balaban J connectivity index is 1.60. The molecule has 6 heteroatoms. The molecule has 1 aromatic carbocycles. The highest BCUT2D eigenvalue weighted by molar-refractivity contribution is 5.88. The molecule has 0 unspecified atom stereocenters. The number of hydrogen-bond acceptors (Lipinski definition) is 4. The molecule has 0 aromatic heterocycles. The molecule has 6 nitrogen and oxygen atoms in total. The van der Waals surface area contributed by atoms with Crippen LogP contribution in [0.5, 0.6) is 5.75 Å². The first-order valence-electron chi connectivity index (χ1n) is 11.5. The number of amides is 2. The molecular weight excluding hydrogens is 378 g/mol. The van der Waals surface area contributed by atoms with Crippen molar-refractivity contribution in [3.63, 3.8) is 0 Å². The first-order chi connectivity index (χ1) is 14.5. The zero-order valence-corrected chi connectivity index (χ0v) is 18.7. The summed E-state index contributed by atoms with van der Waals surface area (Å²) in [4.78, 5) is 30.2. The summed E-state index contributed by atoms with van der Waals surface area (Å²) >= 11 is 0. The van der Waals surface area contributed by atoms with Gasteiger partial charge in [0.1, 0.15) is 11.8 Å². The molecule has 1 saturated heterocycles. The predicted molar refractivity (Wildman–Crippen MR) is 120 cm³/mol. The highest BCUT2D eigenvalue weighted by Crippen LogP contribution is 2.28. The molecule has 1 aromatic rings. The molecule has 30 heavy (non-hydrogen) atoms. The Bertz CT molecular complexity index is 707. The third-order valence-electron chi connectivity index (χ3n) is 6.31. The van der Waals surface area contributed by atoms with Gasteiger partial charge in [0.25, 0.3) is 0 Å². The van der Waals surface area contributed by atoms with Crippen LogP contribution in [-0.2, 0) is 9.59 Å². The lowest BCUT2D eigenvalue weighted by Gasteiger charge is -2.38. The maximum Gasteiger partial charge on any atom is 0.245 e. The van der Waals surface area contributed by atoms with E-state index in [2.05, 4.69) is 30.1 Å². The summed E-state index contributed by atoms with van der Waals surface area (Å²) in [5.74, 6) is 1.41. The molecule has 2 aliphatic rings. The summed E-state index contributed by atoms with van der Waals surface area (Å²) < 4.78 is 5.49. The van der Waals surface area contributed by atoms with Crippen LogP contribution >= 0.6 is 0 Å². The monoisotopic (exact) mass is 415 g/mol. The molecule has 2 amide bonds. The van der Waals surface area contributed by atoms with Gasteiger partial charge in [-0.15, -0.1) is 0 Å². The smallest absolute Gasteiger partial charge is 0.245 e. The van der Waals surface area contributed by atoms with E-state index < -0.39 is 6.04 Å². The number of methoxy groups -OCH3 is 1. The summed E-state index contributed by atoms with van der Waals surface area (Å²) in [6, 6.07) is 7.58. The van der Waals surface area contributed by atoms with Gasteiger partial charge in [0.15, 0.2) is 0 Å². The number of benzene rings is 1. The van der Waals surface area contributed by atoms with Gasteiger partial charge in [-0.1, -0.05) is 45.2 Å². The molecule has 0 spiro atoms. The number of para-hydroxylation sites is 2. The maximum atomic E-state index is 13.3. The van der Waals surface area contributed by atoms with Gasteiger partial charge in [0.2, 0.25) is 11.8 Å². The van der Waals surface area contributed by atoms with E-state index in [1.165, 1.54) is 6.42 Å². The van der Waals surface area contributed by atoms with Gasteiger partial charge in [-0.2, -0.15) is 0 Å². The fourth-order valence-electron chi connectivity index (χ4n) is 4.63. The normalized spacial score (nSPS) is 18.9. The van der Waals surface area contributed by atoms with E-state index in [9.17, 15) is 9.59 Å². The lowest BCUT2D eigenvalue weighted by atomic mass is 9.88. The number of ether oxygens (including phenoxy) is 1. The molecule has 1 aliphatic heterocycles. The van der Waals surface area contributed by atoms with Crippen molar-refractivity contribution in [3.8, 4) is 5.75 Å². The highest BCUT2D eigenvalue weighted by atomic mass is 16.5. The number of piperazine rings is 1. The molecule has 1 N–H and O–H groups in total. The van der Waals surface area contributed by atoms with Gasteiger partial charge in [-0.3, -0.25) is 9.59 Å². The van der Waals surface area contributed by atoms with Crippen LogP contribution in [0.1, 0.15) is 52.4 Å². The van der Waals surface area contributed by atoms with Crippen molar-refractivity contribution in [1.29, 1.82) is 0 Å². The first-order valence-corrected chi connectivity index (χ1v) is 11.5. The summed E-state index contributed by atoms with van der Waals surface area (Å²) in [6.07, 6.45) is 6.04. The summed E-state index contributed by atoms with van der Waals surface area (Å²) in [5.41, 5.74) is 1.07. The van der Waals surface area contributed by atoms with Gasteiger partial charge in [-0.05, 0) is 37.3 Å². The number of hydrogen-bond donors (Lipinski definition) is 1. The minimum absolute atomic E-state index is 0.0625. The third-order valence-corrected chi connectivity index (χ3v) is 6.31. The summed E-state index contributed by atoms with van der Waals surface area (Å²) in [5, 5.41) is 3.11. The number of rotatable bonds is 7. The highest BCUT2D eigenvalue weighted by Gasteiger charge is 2.31. The van der Waals surface area contributed by atoms with Gasteiger partial charge >= 0.3 is 0 Å². The number of carbonyl (C=O) groups is 2. The number of nitrogens with zero attached hydrogens (tertiary/aromatic N) is 2. The van der Waals surface area contributed by atoms with Crippen LogP contribution < -0.4 is 15.0 Å². The quantitative estimate of drug-likeness (QED) is 0.741. The Morgan fingerprint density at radius 2 is 1.73 bits per heavy atom. The first kappa shape index (κ1) is 22.4. The van der Waals surface area contributed by atoms with Crippen molar-refractivity contribution in [2.45, 2.75) is 58.4 Å². The number of anilines is 1. The van der Waals surface area contributed by atoms with E-state index in [4.69, 9.17) is 4.74 Å². The molecule has 0 radical (unpaired) electrons. The Morgan fingerprint density at radius 1 is 1.07 bits per heavy atom. The van der Waals surface area contributed by atoms with E-state index in [1.54, 1.807) is 7.11 Å². The minimum Gasteiger partial charge on any atom is -0.495 e. The van der Waals surface area contributed by atoms with Crippen LogP contribution in [0.25, 0.3) is 0 Å². The van der Waals surface area contributed by atoms with Gasteiger partial charge in [0, 0.05) is 32.1 Å². The topological polar surface area (TPSA) is 61.9 Å². The average Bonchev–Trinajstić information content (AvgIpc) is 2.78. The zero-order chi connectivity index (χ0) is 21.5. The molecule has 1 atom stereocenters. The van der Waals surface area contributed by atoms with E-state index >= 15 is 0 Å². The maximum absolute atomic E-state index is 13.3. The van der Waals surface area contributed by atoms with Crippen molar-refractivity contribution in [2.24, 2.45) is 11.8 Å². The van der Waals surface area contributed by atoms with Crippen molar-refractivity contribution in [2.75, 3.05) is 38.2 Å². The van der Waals surface area contributed by atoms with E-state index in [0.717, 1.165) is 50.2 Å². The van der Waals surface area contributed by atoms with Gasteiger partial charge in [-0.25, -0.2) is 0 Å². The molecule has 1 saturated carbocycles. The van der Waals surface area contributed by atoms with Crippen LogP contribution in [0, 0.1) is 11.8 Å². The second-order valence-corrected chi connectivity index (χ2v) is 9.01. The third kappa shape index (κ3) is 5.67. The second-order valence-electron chi connectivity index (χ2n) is 9.01. The molecule has 1 aliphatic carbocycles. The molecule has 1 heterocycles.